The van der Waals surface area contributed by atoms with Gasteiger partial charge in [0, 0.05) is 30.7 Å². The minimum absolute atomic E-state index is 0.0256. The van der Waals surface area contributed by atoms with E-state index < -0.39 is 0 Å². The van der Waals surface area contributed by atoms with Gasteiger partial charge < -0.3 is 14.6 Å². The molecule has 1 aliphatic heterocycles. The summed E-state index contributed by atoms with van der Waals surface area (Å²) in [4.78, 5) is 14.4. The lowest BCUT2D eigenvalue weighted by atomic mass is 10.0. The number of nitrogens with one attached hydrogen (secondary N) is 2. The van der Waals surface area contributed by atoms with Crippen LogP contribution in [0, 0.1) is 6.92 Å². The quantitative estimate of drug-likeness (QED) is 0.852. The molecule has 1 aliphatic rings. The normalized spacial score (nSPS) is 16.4. The maximum absolute atomic E-state index is 12.1. The van der Waals surface area contributed by atoms with Gasteiger partial charge >= 0.3 is 6.03 Å². The van der Waals surface area contributed by atoms with Crippen LogP contribution in [0.1, 0.15) is 17.4 Å². The van der Waals surface area contributed by atoms with Crippen molar-refractivity contribution in [2.75, 3.05) is 38.2 Å². The number of halogens is 1. The third-order valence-electron chi connectivity index (χ3n) is 4.08. The zero-order valence-corrected chi connectivity index (χ0v) is 14.8. The first kappa shape index (κ1) is 17.7. The second kappa shape index (κ2) is 8.33. The number of amides is 2. The Bertz CT molecular complexity index is 715. The molecule has 7 nitrogen and oxygen atoms in total. The Morgan fingerprint density at radius 3 is 2.80 bits per heavy atom. The SMILES string of the molecule is Cc1cc(NC(=O)NC[C@@H](c2ccccc2Cl)N2CCOCC2)no1. The average molecular weight is 365 g/mol. The number of hydrogen-bond donors (Lipinski definition) is 2. The van der Waals surface area contributed by atoms with Crippen LogP contribution in [-0.2, 0) is 4.74 Å². The van der Waals surface area contributed by atoms with Crippen molar-refractivity contribution < 1.29 is 14.1 Å². The monoisotopic (exact) mass is 364 g/mol. The van der Waals surface area contributed by atoms with Gasteiger partial charge in [0.05, 0.1) is 19.3 Å². The van der Waals surface area contributed by atoms with E-state index in [2.05, 4.69) is 20.7 Å². The van der Waals surface area contributed by atoms with Crippen LogP contribution >= 0.6 is 11.6 Å². The van der Waals surface area contributed by atoms with Gasteiger partial charge in [0.2, 0.25) is 0 Å². The third kappa shape index (κ3) is 4.72. The van der Waals surface area contributed by atoms with E-state index in [0.717, 1.165) is 18.7 Å². The number of rotatable bonds is 5. The summed E-state index contributed by atoms with van der Waals surface area (Å²) in [6.45, 7) is 5.12. The summed E-state index contributed by atoms with van der Waals surface area (Å²) in [6, 6.07) is 9.00. The van der Waals surface area contributed by atoms with Gasteiger partial charge in [0.15, 0.2) is 5.82 Å². The van der Waals surface area contributed by atoms with Gasteiger partial charge in [-0.2, -0.15) is 0 Å². The summed E-state index contributed by atoms with van der Waals surface area (Å²) in [5, 5.41) is 9.98. The van der Waals surface area contributed by atoms with Crippen molar-refractivity contribution in [3.8, 4) is 0 Å². The summed E-state index contributed by atoms with van der Waals surface area (Å²) in [6.07, 6.45) is 0. The standard InChI is InChI=1S/C17H21ClN4O3/c1-12-10-16(21-25-12)20-17(23)19-11-15(22-6-8-24-9-7-22)13-4-2-3-5-14(13)18/h2-5,10,15H,6-9,11H2,1H3,(H2,19,20,21,23)/t15-/m0/s1. The molecule has 0 bridgehead atoms. The molecular formula is C17H21ClN4O3. The number of carbonyl (C=O) groups excluding carboxylic acids is 1. The van der Waals surface area contributed by atoms with Crippen molar-refractivity contribution >= 4 is 23.4 Å². The van der Waals surface area contributed by atoms with Crippen LogP contribution < -0.4 is 10.6 Å². The van der Waals surface area contributed by atoms with Crippen LogP contribution in [0.2, 0.25) is 5.02 Å². The summed E-state index contributed by atoms with van der Waals surface area (Å²) < 4.78 is 10.4. The molecule has 1 fully saturated rings. The molecule has 1 aromatic heterocycles. The molecule has 8 heteroatoms. The molecule has 134 valence electrons. The van der Waals surface area contributed by atoms with Gasteiger partial charge in [-0.1, -0.05) is 35.0 Å². The van der Waals surface area contributed by atoms with E-state index in [4.69, 9.17) is 20.9 Å². The Balaban J connectivity index is 1.67. The van der Waals surface area contributed by atoms with Gasteiger partial charge in [-0.15, -0.1) is 0 Å². The Morgan fingerprint density at radius 2 is 2.12 bits per heavy atom. The second-order valence-electron chi connectivity index (χ2n) is 5.84. The molecule has 2 heterocycles. The number of hydrogen-bond acceptors (Lipinski definition) is 5. The predicted molar refractivity (Wildman–Crippen MR) is 94.8 cm³/mol. The first-order chi connectivity index (χ1) is 12.1. The minimum Gasteiger partial charge on any atom is -0.379 e. The van der Waals surface area contributed by atoms with E-state index in [1.54, 1.807) is 13.0 Å². The predicted octanol–water partition coefficient (Wildman–Crippen LogP) is 2.83. The van der Waals surface area contributed by atoms with E-state index in [-0.39, 0.29) is 12.1 Å². The average Bonchev–Trinajstić information content (AvgIpc) is 3.02. The fraction of sp³-hybridized carbons (Fsp3) is 0.412. The maximum Gasteiger partial charge on any atom is 0.320 e. The minimum atomic E-state index is -0.335. The number of ether oxygens (including phenoxy) is 1. The third-order valence-corrected chi connectivity index (χ3v) is 4.42. The zero-order chi connectivity index (χ0) is 17.6. The van der Waals surface area contributed by atoms with E-state index in [1.165, 1.54) is 0 Å². The summed E-state index contributed by atoms with van der Waals surface area (Å²) >= 11 is 6.38. The smallest absolute Gasteiger partial charge is 0.320 e. The molecule has 2 N–H and O–H groups in total. The highest BCUT2D eigenvalue weighted by atomic mass is 35.5. The van der Waals surface area contributed by atoms with E-state index in [1.807, 2.05) is 24.3 Å². The number of anilines is 1. The molecule has 3 rings (SSSR count). The van der Waals surface area contributed by atoms with Crippen LogP contribution in [0.15, 0.2) is 34.9 Å². The summed E-state index contributed by atoms with van der Waals surface area (Å²) in [7, 11) is 0. The number of benzene rings is 1. The Morgan fingerprint density at radius 1 is 1.36 bits per heavy atom. The van der Waals surface area contributed by atoms with Gasteiger partial charge in [0.1, 0.15) is 5.76 Å². The van der Waals surface area contributed by atoms with Crippen molar-refractivity contribution in [2.45, 2.75) is 13.0 Å². The van der Waals surface area contributed by atoms with Crippen LogP contribution in [0.5, 0.6) is 0 Å². The van der Waals surface area contributed by atoms with Crippen LogP contribution in [0.4, 0.5) is 10.6 Å². The van der Waals surface area contributed by atoms with E-state index in [9.17, 15) is 4.79 Å². The van der Waals surface area contributed by atoms with E-state index >= 15 is 0 Å². The molecule has 0 radical (unpaired) electrons. The van der Waals surface area contributed by atoms with Crippen molar-refractivity contribution in [3.05, 3.63) is 46.7 Å². The number of carbonyl (C=O) groups is 1. The highest BCUT2D eigenvalue weighted by molar-refractivity contribution is 6.31. The summed E-state index contributed by atoms with van der Waals surface area (Å²) in [5.74, 6) is 1.02. The molecular weight excluding hydrogens is 344 g/mol. The number of aromatic nitrogens is 1. The maximum atomic E-state index is 12.1. The van der Waals surface area contributed by atoms with Gasteiger partial charge in [-0.05, 0) is 18.6 Å². The first-order valence-corrected chi connectivity index (χ1v) is 8.55. The number of morpholine rings is 1. The lowest BCUT2D eigenvalue weighted by Crippen LogP contribution is -2.44. The lowest BCUT2D eigenvalue weighted by Gasteiger charge is -2.35. The lowest BCUT2D eigenvalue weighted by molar-refractivity contribution is 0.0168. The molecule has 1 aromatic carbocycles. The van der Waals surface area contributed by atoms with Gasteiger partial charge in [-0.25, -0.2) is 4.79 Å². The molecule has 0 spiro atoms. The highest BCUT2D eigenvalue weighted by Crippen LogP contribution is 2.27. The van der Waals surface area contributed by atoms with E-state index in [0.29, 0.717) is 36.4 Å². The second-order valence-corrected chi connectivity index (χ2v) is 6.25. The Hall–Kier alpha value is -2.09. The van der Waals surface area contributed by atoms with Crippen LogP contribution in [0.3, 0.4) is 0 Å². The molecule has 2 amide bonds. The van der Waals surface area contributed by atoms with Crippen LogP contribution in [-0.4, -0.2) is 48.9 Å². The number of urea groups is 1. The number of nitrogens with zero attached hydrogens (tertiary/aromatic N) is 2. The highest BCUT2D eigenvalue weighted by Gasteiger charge is 2.24. The van der Waals surface area contributed by atoms with Crippen molar-refractivity contribution in [1.29, 1.82) is 0 Å². The topological polar surface area (TPSA) is 79.6 Å². The summed E-state index contributed by atoms with van der Waals surface area (Å²) in [5.41, 5.74) is 0.989. The van der Waals surface area contributed by atoms with Gasteiger partial charge in [0.25, 0.3) is 0 Å². The van der Waals surface area contributed by atoms with Crippen molar-refractivity contribution in [3.63, 3.8) is 0 Å². The molecule has 1 saturated heterocycles. The van der Waals surface area contributed by atoms with Crippen molar-refractivity contribution in [1.82, 2.24) is 15.4 Å². The Labute approximate surface area is 151 Å². The molecule has 0 unspecified atom stereocenters. The van der Waals surface area contributed by atoms with Crippen molar-refractivity contribution in [2.24, 2.45) is 0 Å². The fourth-order valence-electron chi connectivity index (χ4n) is 2.85. The fourth-order valence-corrected chi connectivity index (χ4v) is 3.11. The zero-order valence-electron chi connectivity index (χ0n) is 14.0. The van der Waals surface area contributed by atoms with Crippen LogP contribution in [0.25, 0.3) is 0 Å². The Kier molecular flexibility index (Phi) is 5.91. The molecule has 0 aliphatic carbocycles. The largest absolute Gasteiger partial charge is 0.379 e. The molecule has 1 atom stereocenters. The van der Waals surface area contributed by atoms with Gasteiger partial charge in [-0.3, -0.25) is 10.2 Å². The number of aryl methyl sites for hydroxylation is 1. The molecule has 2 aromatic rings. The molecule has 25 heavy (non-hydrogen) atoms. The first-order valence-electron chi connectivity index (χ1n) is 8.18. The molecule has 0 saturated carbocycles.